The normalized spacial score (nSPS) is 42.3. The van der Waals surface area contributed by atoms with Crippen molar-refractivity contribution in [2.24, 2.45) is 5.41 Å². The number of nitrogens with one attached hydrogen (secondary N) is 2. The maximum Gasteiger partial charge on any atom is 0.227 e. The van der Waals surface area contributed by atoms with Crippen LogP contribution >= 0.6 is 0 Å². The summed E-state index contributed by atoms with van der Waals surface area (Å²) in [5, 5.41) is 6.09. The topological polar surface area (TPSA) is 41.1 Å². The van der Waals surface area contributed by atoms with Gasteiger partial charge < -0.3 is 10.6 Å². The second-order valence-corrected chi connectivity index (χ2v) is 3.56. The number of hydrogen-bond donors (Lipinski definition) is 2. The molecule has 0 radical (unpaired) electrons. The molecular weight excluding hydrogens is 140 g/mol. The largest absolute Gasteiger partial charge is 0.356 e. The summed E-state index contributed by atoms with van der Waals surface area (Å²) in [7, 11) is 1.93. The molecule has 1 heterocycles. The Bertz CT molecular complexity index is 193. The summed E-state index contributed by atoms with van der Waals surface area (Å²) in [6.07, 6.45) is 3.25. The van der Waals surface area contributed by atoms with E-state index in [0.717, 1.165) is 25.8 Å². The minimum absolute atomic E-state index is 0.00694. The standard InChI is InChI=1S/C8H14N2O/c1-9-6-5-8(6)3-2-4-10-7(8)11/h6,9H,2-5H2,1H3,(H,10,11). The van der Waals surface area contributed by atoms with Crippen molar-refractivity contribution in [3.05, 3.63) is 0 Å². The van der Waals surface area contributed by atoms with Crippen LogP contribution in [0, 0.1) is 5.41 Å². The predicted octanol–water partition coefficient (Wildman–Crippen LogP) is -0.126. The molecule has 1 aliphatic carbocycles. The molecule has 1 amide bonds. The van der Waals surface area contributed by atoms with Gasteiger partial charge in [-0.25, -0.2) is 0 Å². The van der Waals surface area contributed by atoms with Crippen molar-refractivity contribution < 1.29 is 4.79 Å². The zero-order valence-electron chi connectivity index (χ0n) is 6.81. The molecule has 2 N–H and O–H groups in total. The summed E-state index contributed by atoms with van der Waals surface area (Å²) >= 11 is 0. The number of amides is 1. The van der Waals surface area contributed by atoms with Crippen LogP contribution in [0.4, 0.5) is 0 Å². The molecule has 62 valence electrons. The van der Waals surface area contributed by atoms with Crippen LogP contribution < -0.4 is 10.6 Å². The molecule has 3 nitrogen and oxygen atoms in total. The predicted molar refractivity (Wildman–Crippen MR) is 42.1 cm³/mol. The van der Waals surface area contributed by atoms with Gasteiger partial charge in [0.05, 0.1) is 5.41 Å². The molecule has 2 atom stereocenters. The van der Waals surface area contributed by atoms with Crippen LogP contribution in [-0.4, -0.2) is 25.5 Å². The van der Waals surface area contributed by atoms with E-state index in [4.69, 9.17) is 0 Å². The van der Waals surface area contributed by atoms with Gasteiger partial charge in [-0.05, 0) is 26.3 Å². The fourth-order valence-electron chi connectivity index (χ4n) is 2.11. The van der Waals surface area contributed by atoms with Crippen molar-refractivity contribution >= 4 is 5.91 Å². The van der Waals surface area contributed by atoms with Crippen LogP contribution in [0.1, 0.15) is 19.3 Å². The molecule has 0 bridgehead atoms. The van der Waals surface area contributed by atoms with E-state index in [9.17, 15) is 4.79 Å². The average molecular weight is 154 g/mol. The summed E-state index contributed by atoms with van der Waals surface area (Å²) in [5.41, 5.74) is -0.00694. The first-order chi connectivity index (χ1) is 5.29. The summed E-state index contributed by atoms with van der Waals surface area (Å²) in [6.45, 7) is 0.872. The quantitative estimate of drug-likeness (QED) is 0.552. The van der Waals surface area contributed by atoms with Gasteiger partial charge in [0.25, 0.3) is 0 Å². The first kappa shape index (κ1) is 7.10. The van der Waals surface area contributed by atoms with Gasteiger partial charge in [-0.3, -0.25) is 4.79 Å². The maximum atomic E-state index is 11.4. The molecule has 2 aliphatic rings. The van der Waals surface area contributed by atoms with Gasteiger partial charge in [-0.15, -0.1) is 0 Å². The highest BCUT2D eigenvalue weighted by atomic mass is 16.2. The Kier molecular flexibility index (Phi) is 1.42. The van der Waals surface area contributed by atoms with Crippen LogP contribution in [-0.2, 0) is 4.79 Å². The van der Waals surface area contributed by atoms with Gasteiger partial charge in [-0.1, -0.05) is 0 Å². The molecule has 2 unspecified atom stereocenters. The lowest BCUT2D eigenvalue weighted by atomic mass is 9.94. The monoisotopic (exact) mass is 154 g/mol. The fourth-order valence-corrected chi connectivity index (χ4v) is 2.11. The third kappa shape index (κ3) is 0.872. The number of rotatable bonds is 1. The van der Waals surface area contributed by atoms with Crippen LogP contribution in [0.15, 0.2) is 0 Å². The molecule has 1 saturated heterocycles. The van der Waals surface area contributed by atoms with Crippen molar-refractivity contribution in [3.8, 4) is 0 Å². The summed E-state index contributed by atoms with van der Waals surface area (Å²) in [5.74, 6) is 0.267. The van der Waals surface area contributed by atoms with Gasteiger partial charge in [0.15, 0.2) is 0 Å². The summed E-state index contributed by atoms with van der Waals surface area (Å²) in [6, 6.07) is 0.447. The average Bonchev–Trinajstić information content (AvgIpc) is 2.72. The molecule has 2 fully saturated rings. The fraction of sp³-hybridized carbons (Fsp3) is 0.875. The van der Waals surface area contributed by atoms with Crippen molar-refractivity contribution in [1.82, 2.24) is 10.6 Å². The molecular formula is C8H14N2O. The lowest BCUT2D eigenvalue weighted by Crippen LogP contribution is -2.41. The number of piperidine rings is 1. The van der Waals surface area contributed by atoms with Gasteiger partial charge in [0.2, 0.25) is 5.91 Å². The van der Waals surface area contributed by atoms with Gasteiger partial charge >= 0.3 is 0 Å². The Hall–Kier alpha value is -0.570. The molecule has 11 heavy (non-hydrogen) atoms. The molecule has 0 aromatic rings. The van der Waals surface area contributed by atoms with Crippen LogP contribution in [0.5, 0.6) is 0 Å². The van der Waals surface area contributed by atoms with Gasteiger partial charge in [-0.2, -0.15) is 0 Å². The minimum atomic E-state index is -0.00694. The second-order valence-electron chi connectivity index (χ2n) is 3.56. The molecule has 3 heteroatoms. The van der Waals surface area contributed by atoms with Crippen LogP contribution in [0.25, 0.3) is 0 Å². The number of carbonyl (C=O) groups is 1. The first-order valence-electron chi connectivity index (χ1n) is 4.25. The third-order valence-electron chi connectivity index (χ3n) is 2.96. The van der Waals surface area contributed by atoms with Crippen molar-refractivity contribution in [2.45, 2.75) is 25.3 Å². The Balaban J connectivity index is 2.07. The summed E-state index contributed by atoms with van der Waals surface area (Å²) < 4.78 is 0. The maximum absolute atomic E-state index is 11.4. The Morgan fingerprint density at radius 1 is 1.73 bits per heavy atom. The molecule has 1 spiro atoms. The molecule has 2 rings (SSSR count). The molecule has 0 aromatic heterocycles. The summed E-state index contributed by atoms with van der Waals surface area (Å²) in [4.78, 5) is 11.4. The molecule has 0 aromatic carbocycles. The lowest BCUT2D eigenvalue weighted by molar-refractivity contribution is -0.128. The Morgan fingerprint density at radius 2 is 2.55 bits per heavy atom. The van der Waals surface area contributed by atoms with E-state index in [1.807, 2.05) is 7.05 Å². The van der Waals surface area contributed by atoms with E-state index >= 15 is 0 Å². The van der Waals surface area contributed by atoms with Crippen molar-refractivity contribution in [2.75, 3.05) is 13.6 Å². The van der Waals surface area contributed by atoms with E-state index in [2.05, 4.69) is 10.6 Å². The van der Waals surface area contributed by atoms with E-state index < -0.39 is 0 Å². The van der Waals surface area contributed by atoms with E-state index in [1.165, 1.54) is 0 Å². The van der Waals surface area contributed by atoms with Crippen LogP contribution in [0.2, 0.25) is 0 Å². The van der Waals surface area contributed by atoms with Gasteiger partial charge in [0, 0.05) is 12.6 Å². The zero-order valence-corrected chi connectivity index (χ0v) is 6.81. The highest BCUT2D eigenvalue weighted by molar-refractivity contribution is 5.87. The smallest absolute Gasteiger partial charge is 0.227 e. The highest BCUT2D eigenvalue weighted by Gasteiger charge is 2.59. The van der Waals surface area contributed by atoms with Gasteiger partial charge in [0.1, 0.15) is 0 Å². The minimum Gasteiger partial charge on any atom is -0.356 e. The van der Waals surface area contributed by atoms with E-state index in [0.29, 0.717) is 6.04 Å². The SMILES string of the molecule is CNC1CC12CCCNC2=O. The third-order valence-corrected chi connectivity index (χ3v) is 2.96. The van der Waals surface area contributed by atoms with E-state index in [1.54, 1.807) is 0 Å². The first-order valence-corrected chi connectivity index (χ1v) is 4.25. The van der Waals surface area contributed by atoms with Crippen LogP contribution in [0.3, 0.4) is 0 Å². The molecule has 1 aliphatic heterocycles. The van der Waals surface area contributed by atoms with Crippen molar-refractivity contribution in [1.29, 1.82) is 0 Å². The Labute approximate surface area is 66.5 Å². The highest BCUT2D eigenvalue weighted by Crippen LogP contribution is 2.51. The lowest BCUT2D eigenvalue weighted by Gasteiger charge is -2.22. The van der Waals surface area contributed by atoms with Crippen molar-refractivity contribution in [3.63, 3.8) is 0 Å². The van der Waals surface area contributed by atoms with E-state index in [-0.39, 0.29) is 11.3 Å². The Morgan fingerprint density at radius 3 is 3.09 bits per heavy atom. The number of hydrogen-bond acceptors (Lipinski definition) is 2. The number of carbonyl (C=O) groups excluding carboxylic acids is 1. The second kappa shape index (κ2) is 2.21. The zero-order chi connectivity index (χ0) is 7.90. The molecule has 1 saturated carbocycles.